The maximum atomic E-state index is 11.5. The lowest BCUT2D eigenvalue weighted by Gasteiger charge is -2.11. The van der Waals surface area contributed by atoms with E-state index in [9.17, 15) is 14.8 Å². The monoisotopic (exact) mass is 219 g/mol. The molecule has 0 aromatic heterocycles. The molecule has 1 aromatic carbocycles. The quantitative estimate of drug-likeness (QED) is 0.208. The molecule has 0 saturated heterocycles. The Labute approximate surface area is 93.8 Å². The Morgan fingerprint density at radius 2 is 2.00 bits per heavy atom. The van der Waals surface area contributed by atoms with Crippen LogP contribution in [0.1, 0.15) is 12.5 Å². The van der Waals surface area contributed by atoms with Gasteiger partial charge in [0.05, 0.1) is 5.57 Å². The zero-order chi connectivity index (χ0) is 12.0. The number of aldehydes is 1. The van der Waals surface area contributed by atoms with Crippen molar-refractivity contribution < 1.29 is 14.8 Å². The summed E-state index contributed by atoms with van der Waals surface area (Å²) in [7, 11) is 0. The summed E-state index contributed by atoms with van der Waals surface area (Å²) in [6.07, 6.45) is 1.88. The molecule has 1 amide bonds. The lowest BCUT2D eigenvalue weighted by molar-refractivity contribution is -0.159. The molecule has 4 heteroatoms. The molecule has 0 atom stereocenters. The van der Waals surface area contributed by atoms with Crippen molar-refractivity contribution in [1.29, 1.82) is 0 Å². The van der Waals surface area contributed by atoms with Crippen LogP contribution in [0.3, 0.4) is 0 Å². The minimum Gasteiger partial charge on any atom is -0.298 e. The highest BCUT2D eigenvalue weighted by Crippen LogP contribution is 2.07. The first-order chi connectivity index (χ1) is 7.69. The number of benzene rings is 1. The highest BCUT2D eigenvalue weighted by molar-refractivity contribution is 6.13. The molecular formula is C12H13NO3. The van der Waals surface area contributed by atoms with Crippen LogP contribution in [0.4, 0.5) is 0 Å². The number of hydrogen-bond donors (Lipinski definition) is 1. The first kappa shape index (κ1) is 12.1. The predicted octanol–water partition coefficient (Wildman–Crippen LogP) is 1.51. The van der Waals surface area contributed by atoms with Gasteiger partial charge in [0.1, 0.15) is 0 Å². The molecule has 0 fully saturated rings. The van der Waals surface area contributed by atoms with E-state index in [1.807, 2.05) is 6.07 Å². The van der Waals surface area contributed by atoms with E-state index in [-0.39, 0.29) is 12.1 Å². The molecule has 0 spiro atoms. The van der Waals surface area contributed by atoms with Gasteiger partial charge in [0.15, 0.2) is 6.29 Å². The molecule has 1 rings (SSSR count). The van der Waals surface area contributed by atoms with Gasteiger partial charge in [0.25, 0.3) is 5.91 Å². The highest BCUT2D eigenvalue weighted by atomic mass is 16.5. The molecule has 16 heavy (non-hydrogen) atoms. The van der Waals surface area contributed by atoms with E-state index in [1.165, 1.54) is 6.08 Å². The molecule has 1 aromatic rings. The van der Waals surface area contributed by atoms with Crippen molar-refractivity contribution in [2.24, 2.45) is 0 Å². The van der Waals surface area contributed by atoms with Gasteiger partial charge in [0.2, 0.25) is 0 Å². The van der Waals surface area contributed by atoms with Crippen molar-refractivity contribution in [2.45, 2.75) is 6.92 Å². The lowest BCUT2D eigenvalue weighted by atomic mass is 10.1. The zero-order valence-electron chi connectivity index (χ0n) is 8.96. The molecular weight excluding hydrogens is 206 g/mol. The third kappa shape index (κ3) is 3.03. The van der Waals surface area contributed by atoms with Crippen molar-refractivity contribution in [1.82, 2.24) is 5.06 Å². The molecule has 4 nitrogen and oxygen atoms in total. The summed E-state index contributed by atoms with van der Waals surface area (Å²) >= 11 is 0. The fourth-order valence-corrected chi connectivity index (χ4v) is 1.17. The number of hydrogen-bond acceptors (Lipinski definition) is 3. The Morgan fingerprint density at radius 1 is 1.38 bits per heavy atom. The number of rotatable bonds is 4. The van der Waals surface area contributed by atoms with E-state index in [4.69, 9.17) is 0 Å². The van der Waals surface area contributed by atoms with Gasteiger partial charge in [-0.05, 0) is 18.6 Å². The minimum absolute atomic E-state index is 0.0736. The van der Waals surface area contributed by atoms with Crippen molar-refractivity contribution in [2.75, 3.05) is 6.54 Å². The average molecular weight is 219 g/mol. The fraction of sp³-hybridized carbons (Fsp3) is 0.167. The number of carbonyl (C=O) groups is 2. The van der Waals surface area contributed by atoms with Crippen molar-refractivity contribution in [3.63, 3.8) is 0 Å². The van der Waals surface area contributed by atoms with Crippen LogP contribution in [0, 0.1) is 0 Å². The first-order valence-corrected chi connectivity index (χ1v) is 4.91. The third-order valence-electron chi connectivity index (χ3n) is 2.03. The summed E-state index contributed by atoms with van der Waals surface area (Å²) in [5.74, 6) is -0.693. The maximum absolute atomic E-state index is 11.5. The molecule has 0 bridgehead atoms. The van der Waals surface area contributed by atoms with Gasteiger partial charge in [-0.1, -0.05) is 30.3 Å². The molecule has 1 N–H and O–H groups in total. The van der Waals surface area contributed by atoms with Gasteiger partial charge >= 0.3 is 0 Å². The van der Waals surface area contributed by atoms with Crippen LogP contribution in [0.25, 0.3) is 6.08 Å². The molecule has 0 aliphatic rings. The molecule has 0 heterocycles. The SMILES string of the molecule is CCN(O)C(=O)C(C=O)=Cc1ccccc1. The van der Waals surface area contributed by atoms with Crippen LogP contribution in [0.5, 0.6) is 0 Å². The van der Waals surface area contributed by atoms with Crippen LogP contribution < -0.4 is 0 Å². The van der Waals surface area contributed by atoms with Gasteiger partial charge in [-0.15, -0.1) is 0 Å². The van der Waals surface area contributed by atoms with E-state index >= 15 is 0 Å². The Bertz CT molecular complexity index is 398. The summed E-state index contributed by atoms with van der Waals surface area (Å²) < 4.78 is 0. The van der Waals surface area contributed by atoms with Gasteiger partial charge < -0.3 is 0 Å². The lowest BCUT2D eigenvalue weighted by Crippen LogP contribution is -2.28. The largest absolute Gasteiger partial charge is 0.298 e. The van der Waals surface area contributed by atoms with Gasteiger partial charge in [0, 0.05) is 6.54 Å². The molecule has 0 aliphatic heterocycles. The second-order valence-electron chi connectivity index (χ2n) is 3.15. The molecule has 0 unspecified atom stereocenters. The Morgan fingerprint density at radius 3 is 2.50 bits per heavy atom. The van der Waals surface area contributed by atoms with Gasteiger partial charge in [-0.3, -0.25) is 14.8 Å². The van der Waals surface area contributed by atoms with Crippen molar-refractivity contribution >= 4 is 18.3 Å². The summed E-state index contributed by atoms with van der Waals surface area (Å²) in [6, 6.07) is 8.98. The van der Waals surface area contributed by atoms with Gasteiger partial charge in [-0.25, -0.2) is 5.06 Å². The number of likely N-dealkylation sites (N-methyl/N-ethyl adjacent to an activating group) is 1. The van der Waals surface area contributed by atoms with E-state index in [1.54, 1.807) is 31.2 Å². The highest BCUT2D eigenvalue weighted by Gasteiger charge is 2.13. The van der Waals surface area contributed by atoms with E-state index in [2.05, 4.69) is 0 Å². The second-order valence-corrected chi connectivity index (χ2v) is 3.15. The van der Waals surface area contributed by atoms with Crippen LogP contribution >= 0.6 is 0 Å². The van der Waals surface area contributed by atoms with E-state index in [0.717, 1.165) is 5.56 Å². The average Bonchev–Trinajstić information content (AvgIpc) is 2.35. The Kier molecular flexibility index (Phi) is 4.42. The second kappa shape index (κ2) is 5.82. The van der Waals surface area contributed by atoms with Crippen molar-refractivity contribution in [3.8, 4) is 0 Å². The Hall–Kier alpha value is -1.94. The number of nitrogens with zero attached hydrogens (tertiary/aromatic N) is 1. The maximum Gasteiger partial charge on any atom is 0.280 e. The zero-order valence-corrected chi connectivity index (χ0v) is 8.96. The first-order valence-electron chi connectivity index (χ1n) is 4.91. The minimum atomic E-state index is -0.693. The summed E-state index contributed by atoms with van der Waals surface area (Å²) in [4.78, 5) is 22.2. The van der Waals surface area contributed by atoms with Crippen molar-refractivity contribution in [3.05, 3.63) is 41.5 Å². The predicted molar refractivity (Wildman–Crippen MR) is 59.7 cm³/mol. The fourth-order valence-electron chi connectivity index (χ4n) is 1.17. The van der Waals surface area contributed by atoms with E-state index < -0.39 is 5.91 Å². The van der Waals surface area contributed by atoms with Gasteiger partial charge in [-0.2, -0.15) is 0 Å². The van der Waals surface area contributed by atoms with Crippen LogP contribution in [0.15, 0.2) is 35.9 Å². The molecule has 0 radical (unpaired) electrons. The smallest absolute Gasteiger partial charge is 0.280 e. The van der Waals surface area contributed by atoms with Crippen LogP contribution in [0.2, 0.25) is 0 Å². The van der Waals surface area contributed by atoms with Crippen LogP contribution in [-0.2, 0) is 9.59 Å². The molecule has 0 aliphatic carbocycles. The topological polar surface area (TPSA) is 57.6 Å². The summed E-state index contributed by atoms with van der Waals surface area (Å²) in [5.41, 5.74) is 0.665. The summed E-state index contributed by atoms with van der Waals surface area (Å²) in [5, 5.41) is 9.69. The number of hydroxylamine groups is 2. The normalized spacial score (nSPS) is 11.0. The number of amides is 1. The summed E-state index contributed by atoms with van der Waals surface area (Å²) in [6.45, 7) is 1.75. The standard InChI is InChI=1S/C12H13NO3/c1-2-13(16)12(15)11(9-14)8-10-6-4-3-5-7-10/h3-9,16H,2H2,1H3. The Balaban J connectivity index is 2.95. The molecule has 84 valence electrons. The third-order valence-corrected chi connectivity index (χ3v) is 2.03. The molecule has 0 saturated carbocycles. The van der Waals surface area contributed by atoms with Crippen LogP contribution in [-0.4, -0.2) is 29.0 Å². The van der Waals surface area contributed by atoms with E-state index in [0.29, 0.717) is 11.3 Å². The number of carbonyl (C=O) groups excluding carboxylic acids is 2.